The van der Waals surface area contributed by atoms with Crippen LogP contribution in [0.2, 0.25) is 0 Å². The van der Waals surface area contributed by atoms with Crippen LogP contribution in [0.4, 0.5) is 11.4 Å². The first kappa shape index (κ1) is 20.0. The third kappa shape index (κ3) is 5.88. The van der Waals surface area contributed by atoms with Gasteiger partial charge in [-0.15, -0.1) is 0 Å². The molecule has 0 radical (unpaired) electrons. The van der Waals surface area contributed by atoms with Crippen molar-refractivity contribution in [1.29, 1.82) is 0 Å². The zero-order valence-corrected chi connectivity index (χ0v) is 16.4. The van der Waals surface area contributed by atoms with Gasteiger partial charge < -0.3 is 5.32 Å². The normalized spacial score (nSPS) is 12.7. The number of sulfonamides is 1. The molecule has 0 spiro atoms. The van der Waals surface area contributed by atoms with Crippen LogP contribution in [-0.2, 0) is 14.8 Å². The smallest absolute Gasteiger partial charge is 0.233 e. The highest BCUT2D eigenvalue weighted by atomic mass is 32.2. The molecule has 1 amide bonds. The van der Waals surface area contributed by atoms with E-state index in [2.05, 4.69) is 23.9 Å². The Morgan fingerprint density at radius 2 is 1.46 bits per heavy atom. The lowest BCUT2D eigenvalue weighted by molar-refractivity contribution is -0.118. The lowest BCUT2D eigenvalue weighted by Crippen LogP contribution is -2.29. The van der Waals surface area contributed by atoms with Crippen molar-refractivity contribution < 1.29 is 13.2 Å². The average molecular weight is 375 g/mol. The molecule has 2 N–H and O–H groups in total. The fraction of sp³-hybridized carbons (Fsp3) is 0.350. The van der Waals surface area contributed by atoms with Crippen LogP contribution < -0.4 is 10.0 Å². The highest BCUT2D eigenvalue weighted by Crippen LogP contribution is 2.18. The van der Waals surface area contributed by atoms with E-state index in [9.17, 15) is 13.2 Å². The van der Waals surface area contributed by atoms with E-state index in [4.69, 9.17) is 0 Å². The van der Waals surface area contributed by atoms with E-state index in [1.807, 2.05) is 43.3 Å². The molecule has 2 rings (SSSR count). The Hall–Kier alpha value is -2.34. The number of rotatable bonds is 7. The maximum absolute atomic E-state index is 12.3. The summed E-state index contributed by atoms with van der Waals surface area (Å²) in [4.78, 5) is 12.3. The predicted molar refractivity (Wildman–Crippen MR) is 107 cm³/mol. The van der Waals surface area contributed by atoms with Gasteiger partial charge in [0.05, 0.1) is 11.7 Å². The number of hydrogen-bond acceptors (Lipinski definition) is 3. The number of carbonyl (C=O) groups is 1. The Morgan fingerprint density at radius 1 is 0.923 bits per heavy atom. The average Bonchev–Trinajstić information content (AvgIpc) is 2.56. The molecular weight excluding hydrogens is 348 g/mol. The number of benzene rings is 2. The molecule has 2 aromatic carbocycles. The van der Waals surface area contributed by atoms with E-state index in [0.29, 0.717) is 17.3 Å². The fourth-order valence-electron chi connectivity index (χ4n) is 2.46. The Kier molecular flexibility index (Phi) is 6.42. The maximum Gasteiger partial charge on any atom is 0.233 e. The second-order valence-corrected chi connectivity index (χ2v) is 8.68. The van der Waals surface area contributed by atoms with E-state index < -0.39 is 15.9 Å². The molecule has 0 aliphatic rings. The van der Waals surface area contributed by atoms with Crippen LogP contribution in [0, 0.1) is 12.8 Å². The lowest BCUT2D eigenvalue weighted by Gasteiger charge is -2.14. The predicted octanol–water partition coefficient (Wildman–Crippen LogP) is 4.13. The zero-order chi connectivity index (χ0) is 19.3. The van der Waals surface area contributed by atoms with Gasteiger partial charge in [0.15, 0.2) is 0 Å². The summed E-state index contributed by atoms with van der Waals surface area (Å²) in [6.45, 7) is 7.73. The van der Waals surface area contributed by atoms with Crippen molar-refractivity contribution >= 4 is 27.3 Å². The van der Waals surface area contributed by atoms with Crippen molar-refractivity contribution in [2.24, 2.45) is 5.92 Å². The highest BCUT2D eigenvalue weighted by molar-refractivity contribution is 7.92. The summed E-state index contributed by atoms with van der Waals surface area (Å²) in [5.74, 6) is -0.868. The standard InChI is InChI=1S/C20H26N2O3S/c1-14(2)17-7-11-18(12-8-17)21-20(23)16(4)13-26(24,25)22-19-9-5-15(3)6-10-19/h5-12,14,16,22H,13H2,1-4H3,(H,21,23). The van der Waals surface area contributed by atoms with Crippen molar-refractivity contribution in [3.8, 4) is 0 Å². The van der Waals surface area contributed by atoms with Gasteiger partial charge in [0.25, 0.3) is 0 Å². The summed E-state index contributed by atoms with van der Waals surface area (Å²) in [5.41, 5.74) is 3.38. The van der Waals surface area contributed by atoms with Gasteiger partial charge in [-0.25, -0.2) is 8.42 Å². The molecule has 1 atom stereocenters. The van der Waals surface area contributed by atoms with E-state index in [1.165, 1.54) is 5.56 Å². The minimum atomic E-state index is -3.61. The molecule has 6 heteroatoms. The summed E-state index contributed by atoms with van der Waals surface area (Å²) in [5, 5.41) is 2.77. The van der Waals surface area contributed by atoms with E-state index in [-0.39, 0.29) is 11.7 Å². The molecular formula is C20H26N2O3S. The number of anilines is 2. The second-order valence-electron chi connectivity index (χ2n) is 6.92. The van der Waals surface area contributed by atoms with Crippen LogP contribution in [0.5, 0.6) is 0 Å². The maximum atomic E-state index is 12.3. The molecule has 2 aromatic rings. The largest absolute Gasteiger partial charge is 0.326 e. The summed E-state index contributed by atoms with van der Waals surface area (Å²) in [7, 11) is -3.61. The Labute approximate surface area is 155 Å². The molecule has 0 aliphatic carbocycles. The topological polar surface area (TPSA) is 75.3 Å². The van der Waals surface area contributed by atoms with Crippen molar-refractivity contribution in [2.45, 2.75) is 33.6 Å². The molecule has 0 bridgehead atoms. The molecule has 140 valence electrons. The van der Waals surface area contributed by atoms with E-state index in [1.54, 1.807) is 19.1 Å². The summed E-state index contributed by atoms with van der Waals surface area (Å²) in [6.07, 6.45) is 0. The van der Waals surface area contributed by atoms with Gasteiger partial charge in [-0.3, -0.25) is 9.52 Å². The van der Waals surface area contributed by atoms with Crippen LogP contribution in [0.25, 0.3) is 0 Å². The van der Waals surface area contributed by atoms with E-state index >= 15 is 0 Å². The fourth-order valence-corrected chi connectivity index (χ4v) is 3.85. The SMILES string of the molecule is Cc1ccc(NS(=O)(=O)CC(C)C(=O)Nc2ccc(C(C)C)cc2)cc1. The number of amides is 1. The first-order valence-corrected chi connectivity index (χ1v) is 10.3. The number of nitrogens with one attached hydrogen (secondary N) is 2. The Balaban J connectivity index is 1.95. The van der Waals surface area contributed by atoms with Crippen LogP contribution in [0.15, 0.2) is 48.5 Å². The van der Waals surface area contributed by atoms with Gasteiger partial charge in [-0.1, -0.05) is 50.6 Å². The third-order valence-corrected chi connectivity index (χ3v) is 5.57. The molecule has 0 aliphatic heterocycles. The summed E-state index contributed by atoms with van der Waals surface area (Å²) < 4.78 is 27.1. The Bertz CT molecular complexity index is 842. The molecule has 0 aromatic heterocycles. The van der Waals surface area contributed by atoms with Crippen molar-refractivity contribution in [1.82, 2.24) is 0 Å². The molecule has 0 heterocycles. The van der Waals surface area contributed by atoms with Crippen LogP contribution >= 0.6 is 0 Å². The van der Waals surface area contributed by atoms with Gasteiger partial charge in [0.1, 0.15) is 0 Å². The minimum Gasteiger partial charge on any atom is -0.326 e. The monoisotopic (exact) mass is 374 g/mol. The van der Waals surface area contributed by atoms with Gasteiger partial charge in [0.2, 0.25) is 15.9 Å². The lowest BCUT2D eigenvalue weighted by atomic mass is 10.0. The molecule has 26 heavy (non-hydrogen) atoms. The van der Waals surface area contributed by atoms with Crippen molar-refractivity contribution in [3.63, 3.8) is 0 Å². The molecule has 5 nitrogen and oxygen atoms in total. The van der Waals surface area contributed by atoms with Crippen LogP contribution in [-0.4, -0.2) is 20.1 Å². The highest BCUT2D eigenvalue weighted by Gasteiger charge is 2.21. The van der Waals surface area contributed by atoms with Gasteiger partial charge in [-0.2, -0.15) is 0 Å². The van der Waals surface area contributed by atoms with Gasteiger partial charge in [-0.05, 0) is 42.7 Å². The number of aryl methyl sites for hydroxylation is 1. The van der Waals surface area contributed by atoms with Crippen LogP contribution in [0.3, 0.4) is 0 Å². The van der Waals surface area contributed by atoms with Crippen molar-refractivity contribution in [2.75, 3.05) is 15.8 Å². The number of hydrogen-bond donors (Lipinski definition) is 2. The summed E-state index contributed by atoms with van der Waals surface area (Å²) >= 11 is 0. The second kappa shape index (κ2) is 8.36. The first-order chi connectivity index (χ1) is 12.2. The molecule has 0 saturated heterocycles. The van der Waals surface area contributed by atoms with Crippen LogP contribution in [0.1, 0.15) is 37.8 Å². The van der Waals surface area contributed by atoms with Gasteiger partial charge >= 0.3 is 0 Å². The number of carbonyl (C=O) groups excluding carboxylic acids is 1. The molecule has 0 saturated carbocycles. The zero-order valence-electron chi connectivity index (χ0n) is 15.6. The van der Waals surface area contributed by atoms with E-state index in [0.717, 1.165) is 5.56 Å². The van der Waals surface area contributed by atoms with Gasteiger partial charge in [0, 0.05) is 11.4 Å². The Morgan fingerprint density at radius 3 is 2.00 bits per heavy atom. The summed E-state index contributed by atoms with van der Waals surface area (Å²) in [6, 6.07) is 14.6. The first-order valence-electron chi connectivity index (χ1n) is 8.64. The molecule has 0 fully saturated rings. The third-order valence-electron chi connectivity index (χ3n) is 4.09. The quantitative estimate of drug-likeness (QED) is 0.765. The molecule has 1 unspecified atom stereocenters. The minimum absolute atomic E-state index is 0.281. The van der Waals surface area contributed by atoms with Crippen molar-refractivity contribution in [3.05, 3.63) is 59.7 Å².